The number of amides is 1. The maximum absolute atomic E-state index is 12.8. The second kappa shape index (κ2) is 9.66. The Balaban J connectivity index is 1.53. The lowest BCUT2D eigenvalue weighted by atomic mass is 10.1. The number of aryl methyl sites for hydroxylation is 2. The van der Waals surface area contributed by atoms with Gasteiger partial charge in [0.15, 0.2) is 0 Å². The van der Waals surface area contributed by atoms with Gasteiger partial charge in [-0.15, -0.1) is 0 Å². The van der Waals surface area contributed by atoms with Crippen molar-refractivity contribution in [3.05, 3.63) is 122 Å². The van der Waals surface area contributed by atoms with Crippen LogP contribution in [-0.4, -0.2) is 25.2 Å². The Kier molecular flexibility index (Phi) is 6.49. The molecule has 172 valence electrons. The van der Waals surface area contributed by atoms with Gasteiger partial charge in [-0.2, -0.15) is 10.1 Å². The SMILES string of the molecule is Cc1ccc(Cn2ccccc2=NC(=O)c2ccc(Cn3nc(C)c([N+](=O)[O-])c3C)cc2)cc1. The first kappa shape index (κ1) is 22.8. The third-order valence-electron chi connectivity index (χ3n) is 5.67. The lowest BCUT2D eigenvalue weighted by molar-refractivity contribution is -0.386. The van der Waals surface area contributed by atoms with E-state index >= 15 is 0 Å². The van der Waals surface area contributed by atoms with Crippen LogP contribution in [-0.2, 0) is 13.1 Å². The van der Waals surface area contributed by atoms with Crippen LogP contribution >= 0.6 is 0 Å². The van der Waals surface area contributed by atoms with E-state index in [1.165, 1.54) is 5.56 Å². The predicted molar refractivity (Wildman–Crippen MR) is 129 cm³/mol. The van der Waals surface area contributed by atoms with Gasteiger partial charge in [-0.05, 0) is 56.2 Å². The molecule has 2 heterocycles. The van der Waals surface area contributed by atoms with Crippen molar-refractivity contribution in [2.75, 3.05) is 0 Å². The quantitative estimate of drug-likeness (QED) is 0.319. The average molecular weight is 456 g/mol. The molecule has 8 nitrogen and oxygen atoms in total. The fourth-order valence-corrected chi connectivity index (χ4v) is 3.79. The molecular weight excluding hydrogens is 430 g/mol. The molecule has 34 heavy (non-hydrogen) atoms. The Morgan fingerprint density at radius 1 is 0.941 bits per heavy atom. The van der Waals surface area contributed by atoms with Crippen molar-refractivity contribution < 1.29 is 9.72 Å². The summed E-state index contributed by atoms with van der Waals surface area (Å²) < 4.78 is 3.54. The number of carbonyl (C=O) groups is 1. The summed E-state index contributed by atoms with van der Waals surface area (Å²) >= 11 is 0. The summed E-state index contributed by atoms with van der Waals surface area (Å²) in [6, 6.07) is 20.9. The van der Waals surface area contributed by atoms with Gasteiger partial charge in [0.05, 0.1) is 11.5 Å². The molecule has 0 saturated carbocycles. The Hall–Kier alpha value is -4.33. The Morgan fingerprint density at radius 3 is 2.24 bits per heavy atom. The summed E-state index contributed by atoms with van der Waals surface area (Å²) in [7, 11) is 0. The average Bonchev–Trinajstić information content (AvgIpc) is 3.09. The molecule has 0 aliphatic heterocycles. The number of aromatic nitrogens is 3. The molecule has 4 aromatic rings. The summed E-state index contributed by atoms with van der Waals surface area (Å²) in [5.41, 5.74) is 5.16. The third kappa shape index (κ3) is 5.01. The van der Waals surface area contributed by atoms with Crippen LogP contribution < -0.4 is 5.49 Å². The van der Waals surface area contributed by atoms with Crippen molar-refractivity contribution >= 4 is 11.6 Å². The van der Waals surface area contributed by atoms with E-state index in [0.717, 1.165) is 11.1 Å². The molecule has 4 rings (SSSR count). The van der Waals surface area contributed by atoms with Gasteiger partial charge >= 0.3 is 5.69 Å². The lowest BCUT2D eigenvalue weighted by Crippen LogP contribution is -2.22. The summed E-state index contributed by atoms with van der Waals surface area (Å²) in [5.74, 6) is -0.336. The van der Waals surface area contributed by atoms with E-state index in [1.807, 2.05) is 48.0 Å². The zero-order valence-corrected chi connectivity index (χ0v) is 19.3. The van der Waals surface area contributed by atoms with Crippen LogP contribution in [0.2, 0.25) is 0 Å². The monoisotopic (exact) mass is 455 g/mol. The van der Waals surface area contributed by atoms with E-state index in [0.29, 0.717) is 35.5 Å². The van der Waals surface area contributed by atoms with E-state index in [2.05, 4.69) is 34.4 Å². The number of nitrogens with zero attached hydrogens (tertiary/aromatic N) is 5. The van der Waals surface area contributed by atoms with E-state index in [1.54, 1.807) is 30.7 Å². The van der Waals surface area contributed by atoms with Crippen molar-refractivity contribution in [3.8, 4) is 0 Å². The first-order valence-corrected chi connectivity index (χ1v) is 10.9. The van der Waals surface area contributed by atoms with Crippen molar-refractivity contribution in [1.82, 2.24) is 14.3 Å². The second-order valence-electron chi connectivity index (χ2n) is 8.22. The van der Waals surface area contributed by atoms with Crippen LogP contribution in [0.3, 0.4) is 0 Å². The molecule has 0 fully saturated rings. The molecule has 0 saturated heterocycles. The first-order chi connectivity index (χ1) is 16.3. The zero-order valence-electron chi connectivity index (χ0n) is 19.3. The molecule has 0 radical (unpaired) electrons. The number of rotatable bonds is 6. The van der Waals surface area contributed by atoms with Crippen LogP contribution in [0.4, 0.5) is 5.69 Å². The van der Waals surface area contributed by atoms with Crippen LogP contribution in [0, 0.1) is 30.9 Å². The fourth-order valence-electron chi connectivity index (χ4n) is 3.79. The first-order valence-electron chi connectivity index (χ1n) is 10.9. The van der Waals surface area contributed by atoms with Gasteiger partial charge in [0.2, 0.25) is 0 Å². The lowest BCUT2D eigenvalue weighted by Gasteiger charge is -2.08. The fraction of sp³-hybridized carbons (Fsp3) is 0.192. The van der Waals surface area contributed by atoms with Crippen LogP contribution in [0.1, 0.15) is 38.4 Å². The van der Waals surface area contributed by atoms with E-state index in [4.69, 9.17) is 0 Å². The molecular formula is C26H25N5O3. The molecule has 0 aliphatic carbocycles. The molecule has 2 aromatic carbocycles. The standard InChI is InChI=1S/C26H25N5O3/c1-18-7-9-21(10-8-18)16-29-15-5-4-6-24(29)27-26(32)23-13-11-22(12-14-23)17-30-20(3)25(31(33)34)19(2)28-30/h4-15H,16-17H2,1-3H3. The van der Waals surface area contributed by atoms with Crippen molar-refractivity contribution in [2.45, 2.75) is 33.9 Å². The van der Waals surface area contributed by atoms with Gasteiger partial charge in [-0.25, -0.2) is 0 Å². The molecule has 0 N–H and O–H groups in total. The minimum atomic E-state index is -0.411. The maximum atomic E-state index is 12.8. The molecule has 2 aromatic heterocycles. The molecule has 8 heteroatoms. The van der Waals surface area contributed by atoms with Crippen LogP contribution in [0.25, 0.3) is 0 Å². The summed E-state index contributed by atoms with van der Waals surface area (Å²) in [4.78, 5) is 28.0. The Bertz CT molecular complexity index is 1410. The smallest absolute Gasteiger partial charge is 0.312 e. The van der Waals surface area contributed by atoms with Crippen molar-refractivity contribution in [3.63, 3.8) is 0 Å². The highest BCUT2D eigenvalue weighted by Crippen LogP contribution is 2.22. The summed E-state index contributed by atoms with van der Waals surface area (Å²) in [6.07, 6.45) is 1.91. The van der Waals surface area contributed by atoms with E-state index in [9.17, 15) is 14.9 Å². The normalized spacial score (nSPS) is 11.6. The summed E-state index contributed by atoms with van der Waals surface area (Å²) in [5, 5.41) is 15.5. The van der Waals surface area contributed by atoms with Gasteiger partial charge in [0.1, 0.15) is 16.9 Å². The number of pyridine rings is 1. The minimum absolute atomic E-state index is 0.0346. The topological polar surface area (TPSA) is 95.3 Å². The molecule has 1 amide bonds. The highest BCUT2D eigenvalue weighted by molar-refractivity contribution is 5.94. The maximum Gasteiger partial charge on any atom is 0.312 e. The summed E-state index contributed by atoms with van der Waals surface area (Å²) in [6.45, 7) is 6.34. The van der Waals surface area contributed by atoms with Crippen molar-refractivity contribution in [2.24, 2.45) is 4.99 Å². The second-order valence-corrected chi connectivity index (χ2v) is 8.22. The number of nitro groups is 1. The predicted octanol–water partition coefficient (Wildman–Crippen LogP) is 4.36. The van der Waals surface area contributed by atoms with Crippen LogP contribution in [0.5, 0.6) is 0 Å². The Morgan fingerprint density at radius 2 is 1.59 bits per heavy atom. The van der Waals surface area contributed by atoms with Gasteiger partial charge in [-0.3, -0.25) is 19.6 Å². The zero-order chi connectivity index (χ0) is 24.2. The third-order valence-corrected chi connectivity index (χ3v) is 5.67. The minimum Gasteiger partial charge on any atom is -0.328 e. The molecule has 0 bridgehead atoms. The largest absolute Gasteiger partial charge is 0.328 e. The molecule has 0 unspecified atom stereocenters. The van der Waals surface area contributed by atoms with Crippen LogP contribution in [0.15, 0.2) is 77.9 Å². The van der Waals surface area contributed by atoms with Gasteiger partial charge in [-0.1, -0.05) is 48.0 Å². The number of benzene rings is 2. The number of hydrogen-bond acceptors (Lipinski definition) is 4. The number of carbonyl (C=O) groups excluding carboxylic acids is 1. The highest BCUT2D eigenvalue weighted by Gasteiger charge is 2.21. The highest BCUT2D eigenvalue weighted by atomic mass is 16.6. The number of hydrogen-bond donors (Lipinski definition) is 0. The van der Waals surface area contributed by atoms with E-state index < -0.39 is 4.92 Å². The van der Waals surface area contributed by atoms with Crippen molar-refractivity contribution in [1.29, 1.82) is 0 Å². The molecule has 0 spiro atoms. The van der Waals surface area contributed by atoms with E-state index in [-0.39, 0.29) is 11.6 Å². The molecule has 0 aliphatic rings. The molecule has 0 atom stereocenters. The van der Waals surface area contributed by atoms with Gasteiger partial charge < -0.3 is 4.57 Å². The van der Waals surface area contributed by atoms with Gasteiger partial charge in [0, 0.05) is 18.3 Å². The van der Waals surface area contributed by atoms with Gasteiger partial charge in [0.25, 0.3) is 5.91 Å². The Labute approximate surface area is 197 Å².